The van der Waals surface area contributed by atoms with Crippen LogP contribution in [0.15, 0.2) is 43.5 Å². The Hall–Kier alpha value is -1.74. The predicted octanol–water partition coefficient (Wildman–Crippen LogP) is 6.09. The summed E-state index contributed by atoms with van der Waals surface area (Å²) in [7, 11) is -4.83. The van der Waals surface area contributed by atoms with E-state index in [1.807, 2.05) is 0 Å². The fourth-order valence-electron chi connectivity index (χ4n) is 2.57. The predicted molar refractivity (Wildman–Crippen MR) is 166 cm³/mol. The number of nitrogens with one attached hydrogen (secondary N) is 2. The fourth-order valence-corrected chi connectivity index (χ4v) is 8.05. The lowest BCUT2D eigenvalue weighted by Crippen LogP contribution is -2.15. The summed E-state index contributed by atoms with van der Waals surface area (Å²) in [6, 6.07) is 5.75. The summed E-state index contributed by atoms with van der Waals surface area (Å²) in [6.07, 6.45) is 1.36. The van der Waals surface area contributed by atoms with Crippen LogP contribution in [0.25, 0.3) is 0 Å². The van der Waals surface area contributed by atoms with Crippen LogP contribution in [0.1, 0.15) is 0 Å². The van der Waals surface area contributed by atoms with E-state index in [9.17, 15) is 16.8 Å². The fraction of sp³-hybridized carbons (Fsp3) is 0.200. The summed E-state index contributed by atoms with van der Waals surface area (Å²) in [5, 5.41) is -0.236. The van der Waals surface area contributed by atoms with Gasteiger partial charge < -0.3 is 14.2 Å². The summed E-state index contributed by atoms with van der Waals surface area (Å²) in [5.74, 6) is -0.210. The first-order valence-corrected chi connectivity index (χ1v) is 17.6. The highest BCUT2D eigenvalue weighted by molar-refractivity contribution is 9.10. The molecule has 0 saturated carbocycles. The zero-order valence-electron chi connectivity index (χ0n) is 21.0. The van der Waals surface area contributed by atoms with E-state index >= 15 is 0 Å². The van der Waals surface area contributed by atoms with Crippen LogP contribution < -0.4 is 18.9 Å². The lowest BCUT2D eigenvalue weighted by molar-refractivity contribution is 0.144. The molecule has 0 aromatic carbocycles. The number of sulfonamides is 2. The Bertz CT molecular complexity index is 1760. The highest BCUT2D eigenvalue weighted by atomic mass is 79.9. The van der Waals surface area contributed by atoms with Gasteiger partial charge in [-0.1, -0.05) is 46.4 Å². The molecular weight excluding hydrogens is 786 g/mol. The van der Waals surface area contributed by atoms with E-state index in [1.165, 1.54) is 44.7 Å². The molecule has 0 saturated heterocycles. The monoisotopic (exact) mass is 800 g/mol. The van der Waals surface area contributed by atoms with Gasteiger partial charge in [0.25, 0.3) is 31.8 Å². The molecule has 42 heavy (non-hydrogen) atoms. The van der Waals surface area contributed by atoms with E-state index in [-0.39, 0.29) is 48.7 Å². The molecule has 4 aromatic rings. The van der Waals surface area contributed by atoms with Crippen molar-refractivity contribution in [3.05, 3.63) is 54.0 Å². The van der Waals surface area contributed by atoms with Crippen molar-refractivity contribution in [3.63, 3.8) is 0 Å². The van der Waals surface area contributed by atoms with Gasteiger partial charge in [0.1, 0.15) is 19.6 Å². The van der Waals surface area contributed by atoms with Crippen LogP contribution in [0.2, 0.25) is 19.0 Å². The third kappa shape index (κ3) is 9.63. The second kappa shape index (κ2) is 15.3. The standard InChI is InChI=1S/C11H11BrClN3O4S2.C9H6Cl3N3O3S2/c1-19-4-5-20-11-10(14-6-7(12)15-11)16-22(17,18)9-3-2-8(13)21-9;1-18-9-8(13-6(11)7(12)14-9)15-20(16,17)5-3-2-4(10)19-5/h2-3,6H,4-5H2,1H3,(H,14,16);2-3H,1H3,(H,13,15). The van der Waals surface area contributed by atoms with Gasteiger partial charge in [-0.25, -0.2) is 31.8 Å². The molecule has 4 aromatic heterocycles. The van der Waals surface area contributed by atoms with Gasteiger partial charge in [0.15, 0.2) is 10.3 Å². The van der Waals surface area contributed by atoms with Crippen molar-refractivity contribution in [3.8, 4) is 11.8 Å². The van der Waals surface area contributed by atoms with E-state index in [1.54, 1.807) is 0 Å². The Morgan fingerprint density at radius 2 is 1.33 bits per heavy atom. The quantitative estimate of drug-likeness (QED) is 0.168. The number of thiophene rings is 2. The van der Waals surface area contributed by atoms with Gasteiger partial charge in [0.05, 0.1) is 28.6 Å². The van der Waals surface area contributed by atoms with Gasteiger partial charge >= 0.3 is 0 Å². The Kier molecular flexibility index (Phi) is 12.7. The number of aromatic nitrogens is 4. The molecule has 0 aliphatic rings. The third-order valence-corrected chi connectivity index (χ3v) is 11.4. The normalized spacial score (nSPS) is 11.4. The van der Waals surface area contributed by atoms with Crippen LogP contribution in [0.5, 0.6) is 11.8 Å². The molecule has 0 fully saturated rings. The zero-order valence-corrected chi connectivity index (χ0v) is 28.8. The van der Waals surface area contributed by atoms with Gasteiger partial charge in [-0.05, 0) is 40.2 Å². The van der Waals surface area contributed by atoms with Crippen LogP contribution >= 0.6 is 85.0 Å². The van der Waals surface area contributed by atoms with Gasteiger partial charge in [0, 0.05) is 7.11 Å². The highest BCUT2D eigenvalue weighted by Crippen LogP contribution is 2.32. The maximum Gasteiger partial charge on any atom is 0.272 e. The first kappa shape index (κ1) is 34.7. The molecule has 0 unspecified atom stereocenters. The number of nitrogens with zero attached hydrogens (tertiary/aromatic N) is 4. The minimum absolute atomic E-state index is 0.0103. The van der Waals surface area contributed by atoms with Crippen molar-refractivity contribution >= 4 is 117 Å². The van der Waals surface area contributed by atoms with Crippen molar-refractivity contribution in [1.29, 1.82) is 0 Å². The Morgan fingerprint density at radius 1 is 0.786 bits per heavy atom. The lowest BCUT2D eigenvalue weighted by Gasteiger charge is -2.11. The molecule has 22 heteroatoms. The second-order valence-corrected chi connectivity index (χ2v) is 16.0. The van der Waals surface area contributed by atoms with Gasteiger partial charge in [-0.15, -0.1) is 22.7 Å². The molecule has 0 atom stereocenters. The molecule has 0 radical (unpaired) electrons. The van der Waals surface area contributed by atoms with Crippen molar-refractivity contribution in [2.24, 2.45) is 0 Å². The SMILES string of the molecule is COCCOc1nc(Br)cnc1NS(=O)(=O)c1ccc(Cl)s1.COc1nc(Cl)c(Cl)nc1NS(=O)(=O)c1ccc(Cl)s1. The zero-order chi connectivity index (χ0) is 31.1. The maximum absolute atomic E-state index is 12.3. The molecule has 4 heterocycles. The Balaban J connectivity index is 0.000000231. The number of hydrogen-bond acceptors (Lipinski definition) is 13. The van der Waals surface area contributed by atoms with Crippen molar-refractivity contribution < 1.29 is 31.0 Å². The molecule has 228 valence electrons. The van der Waals surface area contributed by atoms with Gasteiger partial charge in [0.2, 0.25) is 11.6 Å². The Labute approximate surface area is 276 Å². The molecule has 0 amide bonds. The van der Waals surface area contributed by atoms with Crippen molar-refractivity contribution in [2.45, 2.75) is 8.42 Å². The van der Waals surface area contributed by atoms with E-state index < -0.39 is 20.0 Å². The number of anilines is 2. The van der Waals surface area contributed by atoms with Crippen molar-refractivity contribution in [1.82, 2.24) is 19.9 Å². The smallest absolute Gasteiger partial charge is 0.272 e. The molecular formula is C20H17BrCl4N6O7S4. The minimum Gasteiger partial charge on any atom is -0.478 e. The summed E-state index contributed by atoms with van der Waals surface area (Å²) in [5.41, 5.74) is 0. The molecule has 13 nitrogen and oxygen atoms in total. The van der Waals surface area contributed by atoms with Crippen LogP contribution in [0.3, 0.4) is 0 Å². The first-order chi connectivity index (χ1) is 19.8. The van der Waals surface area contributed by atoms with E-state index in [0.29, 0.717) is 19.9 Å². The van der Waals surface area contributed by atoms with Crippen LogP contribution in [0.4, 0.5) is 11.6 Å². The number of methoxy groups -OCH3 is 2. The second-order valence-electron chi connectivity index (χ2n) is 7.18. The molecule has 0 bridgehead atoms. The number of hydrogen-bond donors (Lipinski definition) is 2. The van der Waals surface area contributed by atoms with Gasteiger partial charge in [-0.3, -0.25) is 9.44 Å². The van der Waals surface area contributed by atoms with E-state index in [4.69, 9.17) is 60.6 Å². The molecule has 0 aliphatic carbocycles. The number of rotatable bonds is 11. The van der Waals surface area contributed by atoms with Gasteiger partial charge in [-0.2, -0.15) is 4.98 Å². The average molecular weight is 803 g/mol. The van der Waals surface area contributed by atoms with E-state index in [2.05, 4.69) is 45.3 Å². The van der Waals surface area contributed by atoms with Crippen LogP contribution in [-0.2, 0) is 24.8 Å². The summed E-state index contributed by atoms with van der Waals surface area (Å²) in [6.45, 7) is 0.544. The molecule has 2 N–H and O–H groups in total. The number of halogens is 5. The van der Waals surface area contributed by atoms with E-state index in [0.717, 1.165) is 22.7 Å². The van der Waals surface area contributed by atoms with Crippen molar-refractivity contribution in [2.75, 3.05) is 36.9 Å². The molecule has 4 rings (SSSR count). The minimum atomic E-state index is -3.85. The van der Waals surface area contributed by atoms with Crippen LogP contribution in [0, 0.1) is 0 Å². The molecule has 0 spiro atoms. The topological polar surface area (TPSA) is 172 Å². The van der Waals surface area contributed by atoms with Crippen LogP contribution in [-0.4, -0.2) is 64.2 Å². The first-order valence-electron chi connectivity index (χ1n) is 10.7. The summed E-state index contributed by atoms with van der Waals surface area (Å²) in [4.78, 5) is 15.6. The summed E-state index contributed by atoms with van der Waals surface area (Å²) >= 11 is 27.9. The third-order valence-electron chi connectivity index (χ3n) is 4.30. The summed E-state index contributed by atoms with van der Waals surface area (Å²) < 4.78 is 69.7. The average Bonchev–Trinajstić information content (AvgIpc) is 3.57. The highest BCUT2D eigenvalue weighted by Gasteiger charge is 2.22. The Morgan fingerprint density at radius 3 is 1.83 bits per heavy atom. The maximum atomic E-state index is 12.3. The molecule has 0 aliphatic heterocycles. The lowest BCUT2D eigenvalue weighted by atomic mass is 10.6. The largest absolute Gasteiger partial charge is 0.478 e. The number of ether oxygens (including phenoxy) is 3.